The first-order valence-electron chi connectivity index (χ1n) is 6.81. The maximum Gasteiger partial charge on any atom is 0.308 e. The molecule has 7 nitrogen and oxygen atoms in total. The molecule has 1 amide bonds. The van der Waals surface area contributed by atoms with Crippen LogP contribution in [-0.4, -0.2) is 35.1 Å². The molecule has 0 aliphatic heterocycles. The molecule has 1 aromatic carbocycles. The number of nitrogens with zero attached hydrogens (tertiary/aromatic N) is 1. The number of esters is 1. The minimum atomic E-state index is -0.545. The third-order valence-electron chi connectivity index (χ3n) is 2.56. The van der Waals surface area contributed by atoms with Gasteiger partial charge in [-0.25, -0.2) is 0 Å². The number of benzene rings is 1. The summed E-state index contributed by atoms with van der Waals surface area (Å²) in [5.74, 6) is -0.808. The van der Waals surface area contributed by atoms with Crippen LogP contribution < -0.4 is 11.1 Å². The molecule has 1 aromatic rings. The normalized spacial score (nSPS) is 11.9. The van der Waals surface area contributed by atoms with E-state index in [9.17, 15) is 9.59 Å². The van der Waals surface area contributed by atoms with Gasteiger partial charge in [0.05, 0.1) is 6.42 Å². The summed E-state index contributed by atoms with van der Waals surface area (Å²) in [5.41, 5.74) is 5.71. The third kappa shape index (κ3) is 5.82. The number of nitrogens with two attached hydrogens (primary N) is 1. The fraction of sp³-hybridized carbons (Fsp3) is 0.400. The maximum absolute atomic E-state index is 12.0. The van der Waals surface area contributed by atoms with E-state index in [0.717, 1.165) is 0 Å². The average Bonchev–Trinajstić information content (AvgIpc) is 2.44. The van der Waals surface area contributed by atoms with E-state index in [2.05, 4.69) is 10.5 Å². The number of rotatable bonds is 5. The Morgan fingerprint density at radius 1 is 1.32 bits per heavy atom. The molecule has 1 rings (SSSR count). The zero-order valence-corrected chi connectivity index (χ0v) is 12.9. The van der Waals surface area contributed by atoms with Gasteiger partial charge in [0.15, 0.2) is 5.84 Å². The monoisotopic (exact) mass is 307 g/mol. The first kappa shape index (κ1) is 17.5. The van der Waals surface area contributed by atoms with Crippen LogP contribution in [0.5, 0.6) is 0 Å². The smallest absolute Gasteiger partial charge is 0.308 e. The molecule has 22 heavy (non-hydrogen) atoms. The van der Waals surface area contributed by atoms with Gasteiger partial charge in [-0.15, -0.1) is 0 Å². The first-order valence-corrected chi connectivity index (χ1v) is 6.81. The van der Waals surface area contributed by atoms with Crippen molar-refractivity contribution in [1.82, 2.24) is 5.32 Å². The molecule has 0 fully saturated rings. The molecule has 0 spiro atoms. The number of oxime groups is 1. The van der Waals surface area contributed by atoms with Crippen LogP contribution in [0, 0.1) is 0 Å². The van der Waals surface area contributed by atoms with Crippen LogP contribution in [0.4, 0.5) is 0 Å². The largest absolute Gasteiger partial charge is 0.460 e. The van der Waals surface area contributed by atoms with Crippen molar-refractivity contribution in [2.45, 2.75) is 32.8 Å². The summed E-state index contributed by atoms with van der Waals surface area (Å²) in [4.78, 5) is 23.5. The number of hydrogen-bond donors (Lipinski definition) is 3. The van der Waals surface area contributed by atoms with Crippen molar-refractivity contribution in [1.29, 1.82) is 0 Å². The predicted octanol–water partition coefficient (Wildman–Crippen LogP) is 1.24. The SMILES string of the molecule is CC(C)(C)OC(=O)CCNC(=O)c1cccc(/C(N)=N\O)c1. The highest BCUT2D eigenvalue weighted by Gasteiger charge is 2.16. The van der Waals surface area contributed by atoms with Gasteiger partial charge in [0.2, 0.25) is 0 Å². The van der Waals surface area contributed by atoms with E-state index in [1.807, 2.05) is 0 Å². The second kappa shape index (κ2) is 7.44. The molecule has 0 saturated heterocycles. The predicted molar refractivity (Wildman–Crippen MR) is 81.7 cm³/mol. The highest BCUT2D eigenvalue weighted by atomic mass is 16.6. The van der Waals surface area contributed by atoms with Crippen LogP contribution in [0.25, 0.3) is 0 Å². The molecule has 0 aliphatic rings. The second-order valence-electron chi connectivity index (χ2n) is 5.66. The Hall–Kier alpha value is -2.57. The van der Waals surface area contributed by atoms with Crippen LogP contribution >= 0.6 is 0 Å². The number of amidine groups is 1. The topological polar surface area (TPSA) is 114 Å². The zero-order chi connectivity index (χ0) is 16.8. The Labute approximate surface area is 129 Å². The summed E-state index contributed by atoms with van der Waals surface area (Å²) in [7, 11) is 0. The Morgan fingerprint density at radius 2 is 1.95 bits per heavy atom. The van der Waals surface area contributed by atoms with E-state index < -0.39 is 5.60 Å². The highest BCUT2D eigenvalue weighted by Crippen LogP contribution is 2.08. The van der Waals surface area contributed by atoms with Crippen LogP contribution in [-0.2, 0) is 9.53 Å². The summed E-state index contributed by atoms with van der Waals surface area (Å²) in [6, 6.07) is 6.33. The lowest BCUT2D eigenvalue weighted by atomic mass is 10.1. The van der Waals surface area contributed by atoms with Crippen molar-refractivity contribution in [2.24, 2.45) is 10.9 Å². The lowest BCUT2D eigenvalue weighted by molar-refractivity contribution is -0.154. The number of hydrogen-bond acceptors (Lipinski definition) is 5. The van der Waals surface area contributed by atoms with Crippen molar-refractivity contribution >= 4 is 17.7 Å². The molecule has 0 aliphatic carbocycles. The first-order chi connectivity index (χ1) is 10.2. The summed E-state index contributed by atoms with van der Waals surface area (Å²) in [6.07, 6.45) is 0.0862. The molecule has 0 bridgehead atoms. The van der Waals surface area contributed by atoms with E-state index in [0.29, 0.717) is 11.1 Å². The molecule has 7 heteroatoms. The molecule has 0 heterocycles. The fourth-order valence-corrected chi connectivity index (χ4v) is 1.65. The minimum Gasteiger partial charge on any atom is -0.460 e. The van der Waals surface area contributed by atoms with Gasteiger partial charge in [0, 0.05) is 17.7 Å². The average molecular weight is 307 g/mol. The van der Waals surface area contributed by atoms with Crippen molar-refractivity contribution in [2.75, 3.05) is 6.54 Å². The fourth-order valence-electron chi connectivity index (χ4n) is 1.65. The van der Waals surface area contributed by atoms with Gasteiger partial charge in [-0.1, -0.05) is 17.3 Å². The van der Waals surface area contributed by atoms with E-state index in [-0.39, 0.29) is 30.7 Å². The van der Waals surface area contributed by atoms with Crippen LogP contribution in [0.2, 0.25) is 0 Å². The molecule has 120 valence electrons. The van der Waals surface area contributed by atoms with Crippen molar-refractivity contribution in [3.63, 3.8) is 0 Å². The molecule has 0 aromatic heterocycles. The van der Waals surface area contributed by atoms with Crippen LogP contribution in [0.3, 0.4) is 0 Å². The summed E-state index contributed by atoms with van der Waals surface area (Å²) in [5, 5.41) is 14.1. The molecule has 0 unspecified atom stereocenters. The van der Waals surface area contributed by atoms with Gasteiger partial charge < -0.3 is 21.0 Å². The van der Waals surface area contributed by atoms with Gasteiger partial charge in [-0.05, 0) is 32.9 Å². The summed E-state index contributed by atoms with van der Waals surface area (Å²) in [6.45, 7) is 5.51. The van der Waals surface area contributed by atoms with Gasteiger partial charge in [-0.2, -0.15) is 0 Å². The van der Waals surface area contributed by atoms with E-state index >= 15 is 0 Å². The number of ether oxygens (including phenoxy) is 1. The molecule has 4 N–H and O–H groups in total. The Kier molecular flexibility index (Phi) is 5.91. The van der Waals surface area contributed by atoms with Crippen LogP contribution in [0.15, 0.2) is 29.4 Å². The summed E-state index contributed by atoms with van der Waals surface area (Å²) < 4.78 is 5.14. The molecule has 0 saturated carbocycles. The van der Waals surface area contributed by atoms with E-state index in [4.69, 9.17) is 15.7 Å². The Balaban J connectivity index is 2.55. The molecule has 0 radical (unpaired) electrons. The van der Waals surface area contributed by atoms with E-state index in [1.165, 1.54) is 6.07 Å². The Morgan fingerprint density at radius 3 is 2.55 bits per heavy atom. The third-order valence-corrected chi connectivity index (χ3v) is 2.56. The number of amides is 1. The van der Waals surface area contributed by atoms with Gasteiger partial charge in [-0.3, -0.25) is 9.59 Å². The maximum atomic E-state index is 12.0. The number of carbonyl (C=O) groups is 2. The molecule has 0 atom stereocenters. The van der Waals surface area contributed by atoms with Gasteiger partial charge in [0.25, 0.3) is 5.91 Å². The van der Waals surface area contributed by atoms with Crippen molar-refractivity contribution in [3.05, 3.63) is 35.4 Å². The molecular weight excluding hydrogens is 286 g/mol. The van der Waals surface area contributed by atoms with Gasteiger partial charge in [0.1, 0.15) is 5.60 Å². The number of nitrogens with one attached hydrogen (secondary N) is 1. The lowest BCUT2D eigenvalue weighted by Crippen LogP contribution is -2.29. The van der Waals surface area contributed by atoms with Crippen LogP contribution in [0.1, 0.15) is 43.1 Å². The zero-order valence-electron chi connectivity index (χ0n) is 12.9. The highest BCUT2D eigenvalue weighted by molar-refractivity contribution is 6.01. The minimum absolute atomic E-state index is 0.0802. The van der Waals surface area contributed by atoms with Crippen molar-refractivity contribution in [3.8, 4) is 0 Å². The lowest BCUT2D eigenvalue weighted by Gasteiger charge is -2.19. The quantitative estimate of drug-likeness (QED) is 0.249. The van der Waals surface area contributed by atoms with E-state index in [1.54, 1.807) is 39.0 Å². The molecular formula is C15H21N3O4. The number of carbonyl (C=O) groups excluding carboxylic acids is 2. The Bertz CT molecular complexity index is 576. The standard InChI is InChI=1S/C15H21N3O4/c1-15(2,3)22-12(19)7-8-17-14(20)11-6-4-5-10(9-11)13(16)18-21/h4-6,9,21H,7-8H2,1-3H3,(H2,16,18)(H,17,20). The van der Waals surface area contributed by atoms with Gasteiger partial charge >= 0.3 is 5.97 Å². The second-order valence-corrected chi connectivity index (χ2v) is 5.66. The van der Waals surface area contributed by atoms with Crippen molar-refractivity contribution < 1.29 is 19.5 Å². The summed E-state index contributed by atoms with van der Waals surface area (Å²) >= 11 is 0.